The van der Waals surface area contributed by atoms with Crippen molar-refractivity contribution in [1.29, 1.82) is 0 Å². The SMILES string of the molecule is COC[C@]1(O)CCN(Cc2cc(C3CC3)n[nH]2)CC1(C)C. The van der Waals surface area contributed by atoms with Crippen LogP contribution in [0.3, 0.4) is 0 Å². The molecule has 2 heterocycles. The summed E-state index contributed by atoms with van der Waals surface area (Å²) in [6.07, 6.45) is 3.31. The van der Waals surface area contributed by atoms with Gasteiger partial charge in [0, 0.05) is 43.8 Å². The van der Waals surface area contributed by atoms with Crippen molar-refractivity contribution in [3.63, 3.8) is 0 Å². The summed E-state index contributed by atoms with van der Waals surface area (Å²) in [6, 6.07) is 2.21. The van der Waals surface area contributed by atoms with E-state index in [2.05, 4.69) is 35.0 Å². The topological polar surface area (TPSA) is 61.4 Å². The van der Waals surface area contributed by atoms with Gasteiger partial charge in [0.15, 0.2) is 0 Å². The highest BCUT2D eigenvalue weighted by atomic mass is 16.5. The molecule has 0 amide bonds. The van der Waals surface area contributed by atoms with Gasteiger partial charge in [-0.2, -0.15) is 5.10 Å². The third-order valence-corrected chi connectivity index (χ3v) is 5.14. The second-order valence-corrected chi connectivity index (χ2v) is 7.40. The number of nitrogens with zero attached hydrogens (tertiary/aromatic N) is 2. The number of ether oxygens (including phenoxy) is 1. The Morgan fingerprint density at radius 1 is 1.48 bits per heavy atom. The van der Waals surface area contributed by atoms with Gasteiger partial charge in [-0.25, -0.2) is 0 Å². The van der Waals surface area contributed by atoms with Crippen molar-refractivity contribution in [3.05, 3.63) is 17.5 Å². The zero-order valence-electron chi connectivity index (χ0n) is 13.4. The Kier molecular flexibility index (Phi) is 3.84. The summed E-state index contributed by atoms with van der Waals surface area (Å²) in [5.41, 5.74) is 1.49. The van der Waals surface area contributed by atoms with Crippen LogP contribution in [0.4, 0.5) is 0 Å². The molecule has 2 N–H and O–H groups in total. The Labute approximate surface area is 126 Å². The third kappa shape index (κ3) is 3.00. The minimum atomic E-state index is -0.731. The molecule has 21 heavy (non-hydrogen) atoms. The standard InChI is InChI=1S/C16H27N3O2/c1-15(2)10-19(7-6-16(15,20)11-21-3)9-13-8-14(18-17-13)12-4-5-12/h8,12,20H,4-7,9-11H2,1-3H3,(H,17,18)/t16-/m1/s1. The van der Waals surface area contributed by atoms with Crippen molar-refractivity contribution in [3.8, 4) is 0 Å². The van der Waals surface area contributed by atoms with Gasteiger partial charge < -0.3 is 9.84 Å². The molecule has 1 aromatic heterocycles. The second-order valence-electron chi connectivity index (χ2n) is 7.40. The van der Waals surface area contributed by atoms with E-state index in [0.29, 0.717) is 12.5 Å². The molecule has 1 aliphatic carbocycles. The van der Waals surface area contributed by atoms with Gasteiger partial charge >= 0.3 is 0 Å². The Morgan fingerprint density at radius 3 is 2.86 bits per heavy atom. The van der Waals surface area contributed by atoms with Crippen molar-refractivity contribution in [1.82, 2.24) is 15.1 Å². The molecule has 2 fully saturated rings. The molecule has 0 unspecified atom stereocenters. The summed E-state index contributed by atoms with van der Waals surface area (Å²) in [4.78, 5) is 2.40. The van der Waals surface area contributed by atoms with Gasteiger partial charge in [-0.05, 0) is 25.3 Å². The van der Waals surface area contributed by atoms with Crippen molar-refractivity contribution in [2.75, 3.05) is 26.8 Å². The Hall–Kier alpha value is -0.910. The van der Waals surface area contributed by atoms with E-state index < -0.39 is 5.60 Å². The van der Waals surface area contributed by atoms with Crippen molar-refractivity contribution in [2.24, 2.45) is 5.41 Å². The van der Waals surface area contributed by atoms with Crippen LogP contribution in [0.5, 0.6) is 0 Å². The Morgan fingerprint density at radius 2 is 2.24 bits per heavy atom. The average molecular weight is 293 g/mol. The Balaban J connectivity index is 1.62. The van der Waals surface area contributed by atoms with Gasteiger partial charge in [0.25, 0.3) is 0 Å². The number of aliphatic hydroxyl groups is 1. The van der Waals surface area contributed by atoms with Gasteiger partial charge in [-0.1, -0.05) is 13.8 Å². The maximum atomic E-state index is 10.8. The van der Waals surface area contributed by atoms with Crippen LogP contribution >= 0.6 is 0 Å². The first-order valence-electron chi connectivity index (χ1n) is 7.91. The average Bonchev–Trinajstić information content (AvgIpc) is 3.16. The van der Waals surface area contributed by atoms with Crippen LogP contribution in [0.15, 0.2) is 6.07 Å². The number of hydrogen-bond donors (Lipinski definition) is 2. The van der Waals surface area contributed by atoms with Crippen LogP contribution in [0.2, 0.25) is 0 Å². The van der Waals surface area contributed by atoms with Gasteiger partial charge in [0.2, 0.25) is 0 Å². The fraction of sp³-hybridized carbons (Fsp3) is 0.812. The van der Waals surface area contributed by atoms with Gasteiger partial charge in [-0.15, -0.1) is 0 Å². The molecule has 1 atom stereocenters. The molecule has 118 valence electrons. The molecule has 0 bridgehead atoms. The maximum Gasteiger partial charge on any atom is 0.0954 e. The van der Waals surface area contributed by atoms with Crippen LogP contribution in [-0.4, -0.2) is 52.6 Å². The largest absolute Gasteiger partial charge is 0.387 e. The first kappa shape index (κ1) is 15.0. The molecule has 5 heteroatoms. The van der Waals surface area contributed by atoms with E-state index in [1.54, 1.807) is 7.11 Å². The molecule has 1 saturated carbocycles. The number of rotatable bonds is 5. The van der Waals surface area contributed by atoms with Crippen molar-refractivity contribution in [2.45, 2.75) is 51.2 Å². The van der Waals surface area contributed by atoms with Crippen LogP contribution in [0.25, 0.3) is 0 Å². The number of aromatic amines is 1. The molecule has 1 saturated heterocycles. The quantitative estimate of drug-likeness (QED) is 0.870. The molecule has 2 aliphatic rings. The van der Waals surface area contributed by atoms with Crippen LogP contribution in [-0.2, 0) is 11.3 Å². The van der Waals surface area contributed by atoms with E-state index >= 15 is 0 Å². The lowest BCUT2D eigenvalue weighted by atomic mass is 9.70. The molecular formula is C16H27N3O2. The zero-order chi connectivity index (χ0) is 15.1. The van der Waals surface area contributed by atoms with Gasteiger partial charge in [0.1, 0.15) is 0 Å². The van der Waals surface area contributed by atoms with Crippen LogP contribution in [0.1, 0.15) is 50.4 Å². The van der Waals surface area contributed by atoms with E-state index in [4.69, 9.17) is 4.74 Å². The fourth-order valence-electron chi connectivity index (χ4n) is 3.40. The number of hydrogen-bond acceptors (Lipinski definition) is 4. The summed E-state index contributed by atoms with van der Waals surface area (Å²) >= 11 is 0. The molecule has 1 aliphatic heterocycles. The highest BCUT2D eigenvalue weighted by Crippen LogP contribution is 2.40. The van der Waals surface area contributed by atoms with Crippen LogP contribution in [0, 0.1) is 5.41 Å². The van der Waals surface area contributed by atoms with E-state index in [-0.39, 0.29) is 5.41 Å². The highest BCUT2D eigenvalue weighted by molar-refractivity contribution is 5.17. The van der Waals surface area contributed by atoms with Crippen molar-refractivity contribution < 1.29 is 9.84 Å². The normalized spacial score (nSPS) is 29.7. The summed E-state index contributed by atoms with van der Waals surface area (Å²) in [5, 5.41) is 18.4. The van der Waals surface area contributed by atoms with Crippen LogP contribution < -0.4 is 0 Å². The molecule has 3 rings (SSSR count). The maximum absolute atomic E-state index is 10.8. The number of piperidine rings is 1. The molecule has 5 nitrogen and oxygen atoms in total. The molecular weight excluding hydrogens is 266 g/mol. The Bertz CT molecular complexity index is 495. The lowest BCUT2D eigenvalue weighted by molar-refractivity contribution is -0.151. The first-order chi connectivity index (χ1) is 9.93. The van der Waals surface area contributed by atoms with Gasteiger partial charge in [0.05, 0.1) is 17.9 Å². The summed E-state index contributed by atoms with van der Waals surface area (Å²) < 4.78 is 5.23. The molecule has 1 aromatic rings. The smallest absolute Gasteiger partial charge is 0.0954 e. The lowest BCUT2D eigenvalue weighted by Gasteiger charge is -2.50. The number of nitrogens with one attached hydrogen (secondary N) is 1. The zero-order valence-corrected chi connectivity index (χ0v) is 13.4. The summed E-state index contributed by atoms with van der Waals surface area (Å²) in [7, 11) is 1.66. The number of methoxy groups -OCH3 is 1. The lowest BCUT2D eigenvalue weighted by Crippen LogP contribution is -2.59. The molecule has 0 spiro atoms. The van der Waals surface area contributed by atoms with Crippen molar-refractivity contribution >= 4 is 0 Å². The predicted octanol–water partition coefficient (Wildman–Crippen LogP) is 1.90. The number of aromatic nitrogens is 2. The van der Waals surface area contributed by atoms with Gasteiger partial charge in [-0.3, -0.25) is 10.00 Å². The number of likely N-dealkylation sites (tertiary alicyclic amines) is 1. The highest BCUT2D eigenvalue weighted by Gasteiger charge is 2.47. The van der Waals surface area contributed by atoms with E-state index in [1.807, 2.05) is 0 Å². The molecule has 0 aromatic carbocycles. The monoisotopic (exact) mass is 293 g/mol. The fourth-order valence-corrected chi connectivity index (χ4v) is 3.40. The minimum Gasteiger partial charge on any atom is -0.387 e. The second kappa shape index (κ2) is 5.38. The van der Waals surface area contributed by atoms with E-state index in [0.717, 1.165) is 26.1 Å². The predicted molar refractivity (Wildman–Crippen MR) is 81.1 cm³/mol. The summed E-state index contributed by atoms with van der Waals surface area (Å²) in [5.74, 6) is 0.694. The first-order valence-corrected chi connectivity index (χ1v) is 7.91. The van der Waals surface area contributed by atoms with E-state index in [1.165, 1.54) is 24.2 Å². The third-order valence-electron chi connectivity index (χ3n) is 5.14. The summed E-state index contributed by atoms with van der Waals surface area (Å²) in [6.45, 7) is 7.29. The number of H-pyrrole nitrogens is 1. The molecule has 0 radical (unpaired) electrons. The minimum absolute atomic E-state index is 0.180. The van der Waals surface area contributed by atoms with E-state index in [9.17, 15) is 5.11 Å².